The normalized spacial score (nSPS) is 25.4. The van der Waals surface area contributed by atoms with E-state index in [0.29, 0.717) is 5.91 Å². The molecule has 5 heteroatoms. The van der Waals surface area contributed by atoms with Gasteiger partial charge in [-0.3, -0.25) is 14.5 Å². The van der Waals surface area contributed by atoms with E-state index < -0.39 is 0 Å². The number of likely N-dealkylation sites (tertiary alicyclic amines) is 1. The summed E-state index contributed by atoms with van der Waals surface area (Å²) in [6, 6.07) is 10.4. The number of nitrogens with zero attached hydrogens (tertiary/aromatic N) is 3. The summed E-state index contributed by atoms with van der Waals surface area (Å²) < 4.78 is 0. The summed E-state index contributed by atoms with van der Waals surface area (Å²) >= 11 is 0. The molecule has 0 N–H and O–H groups in total. The highest BCUT2D eigenvalue weighted by Crippen LogP contribution is 2.60. The maximum atomic E-state index is 13.2. The van der Waals surface area contributed by atoms with Crippen LogP contribution in [0.4, 0.5) is 0 Å². The summed E-state index contributed by atoms with van der Waals surface area (Å²) in [7, 11) is 0. The minimum absolute atomic E-state index is 0.174. The fourth-order valence-electron chi connectivity index (χ4n) is 5.75. The van der Waals surface area contributed by atoms with Crippen molar-refractivity contribution in [3.8, 4) is 0 Å². The van der Waals surface area contributed by atoms with Gasteiger partial charge in [-0.2, -0.15) is 0 Å². The molecule has 2 heterocycles. The van der Waals surface area contributed by atoms with Crippen LogP contribution in [0.5, 0.6) is 0 Å². The molecule has 5 rings (SSSR count). The predicted molar refractivity (Wildman–Crippen MR) is 127 cm³/mol. The van der Waals surface area contributed by atoms with E-state index in [2.05, 4.69) is 52.3 Å². The molecule has 0 aromatic heterocycles. The predicted octanol–water partition coefficient (Wildman–Crippen LogP) is 3.58. The Bertz CT molecular complexity index is 891. The molecule has 2 amide bonds. The summed E-state index contributed by atoms with van der Waals surface area (Å²) in [5.74, 6) is 0.802. The molecule has 5 nitrogen and oxygen atoms in total. The average molecular weight is 434 g/mol. The summed E-state index contributed by atoms with van der Waals surface area (Å²) in [5.41, 5.74) is 2.42. The van der Waals surface area contributed by atoms with Crippen molar-refractivity contribution in [3.63, 3.8) is 0 Å². The molecule has 1 saturated carbocycles. The highest BCUT2D eigenvalue weighted by Gasteiger charge is 2.59. The van der Waals surface area contributed by atoms with Crippen LogP contribution in [0.1, 0.15) is 44.1 Å². The lowest BCUT2D eigenvalue weighted by Gasteiger charge is -2.36. The second kappa shape index (κ2) is 9.22. The molecule has 4 aliphatic rings. The lowest BCUT2D eigenvalue weighted by atomic mass is 9.90. The molecule has 1 spiro atoms. The van der Waals surface area contributed by atoms with Gasteiger partial charge in [-0.15, -0.1) is 0 Å². The van der Waals surface area contributed by atoms with Gasteiger partial charge < -0.3 is 9.80 Å². The SMILES string of the molecule is O=C(C1=CCCC1)N1CCC2(CC1)C[C@H]2C(=O)N1CCN(C/C=C/c2ccccc2)CC1. The van der Waals surface area contributed by atoms with E-state index in [0.717, 1.165) is 89.9 Å². The minimum atomic E-state index is 0.174. The van der Waals surface area contributed by atoms with Crippen LogP contribution in [0.15, 0.2) is 48.1 Å². The van der Waals surface area contributed by atoms with Crippen molar-refractivity contribution >= 4 is 17.9 Å². The van der Waals surface area contributed by atoms with Crippen LogP contribution in [0, 0.1) is 11.3 Å². The highest BCUT2D eigenvalue weighted by atomic mass is 16.2. The van der Waals surface area contributed by atoms with E-state index in [1.54, 1.807) is 0 Å². The number of carbonyl (C=O) groups is 2. The Morgan fingerprint density at radius 3 is 2.41 bits per heavy atom. The van der Waals surface area contributed by atoms with Gasteiger partial charge in [0.15, 0.2) is 0 Å². The first-order chi connectivity index (χ1) is 15.6. The second-order valence-corrected chi connectivity index (χ2v) is 9.97. The molecule has 170 valence electrons. The third-order valence-electron chi connectivity index (χ3n) is 8.01. The second-order valence-electron chi connectivity index (χ2n) is 9.97. The first-order valence-electron chi connectivity index (χ1n) is 12.4. The zero-order valence-corrected chi connectivity index (χ0v) is 19.0. The fourth-order valence-corrected chi connectivity index (χ4v) is 5.75. The van der Waals surface area contributed by atoms with Crippen LogP contribution in [-0.4, -0.2) is 72.3 Å². The largest absolute Gasteiger partial charge is 0.340 e. The van der Waals surface area contributed by atoms with Crippen LogP contribution in [0.3, 0.4) is 0 Å². The highest BCUT2D eigenvalue weighted by molar-refractivity contribution is 5.94. The maximum Gasteiger partial charge on any atom is 0.249 e. The number of hydrogen-bond acceptors (Lipinski definition) is 3. The van der Waals surface area contributed by atoms with E-state index in [4.69, 9.17) is 0 Å². The first kappa shape index (κ1) is 21.4. The minimum Gasteiger partial charge on any atom is -0.340 e. The van der Waals surface area contributed by atoms with Crippen molar-refractivity contribution in [3.05, 3.63) is 53.6 Å². The standard InChI is InChI=1S/C27H35N3O2/c31-25(23-10-4-5-11-23)29-15-12-27(13-16-29)21-24(27)26(32)30-19-17-28(18-20-30)14-6-9-22-7-2-1-3-8-22/h1-3,6-10,24H,4-5,11-21H2/b9-6+/t24-/m0/s1. The monoisotopic (exact) mass is 433 g/mol. The van der Waals surface area contributed by atoms with E-state index >= 15 is 0 Å². The molecule has 2 aliphatic carbocycles. The van der Waals surface area contributed by atoms with Crippen molar-refractivity contribution in [2.75, 3.05) is 45.8 Å². The first-order valence-corrected chi connectivity index (χ1v) is 12.4. The Morgan fingerprint density at radius 2 is 1.72 bits per heavy atom. The Labute approximate surface area is 191 Å². The molecule has 0 unspecified atom stereocenters. The van der Waals surface area contributed by atoms with Crippen molar-refractivity contribution in [2.45, 2.75) is 38.5 Å². The van der Waals surface area contributed by atoms with Gasteiger partial charge in [0.1, 0.15) is 0 Å². The molecule has 1 aromatic rings. The van der Waals surface area contributed by atoms with E-state index in [9.17, 15) is 9.59 Å². The topological polar surface area (TPSA) is 43.9 Å². The van der Waals surface area contributed by atoms with Crippen molar-refractivity contribution in [1.29, 1.82) is 0 Å². The molecule has 32 heavy (non-hydrogen) atoms. The van der Waals surface area contributed by atoms with Gasteiger partial charge in [0.25, 0.3) is 0 Å². The summed E-state index contributed by atoms with van der Waals surface area (Å²) in [4.78, 5) is 32.4. The van der Waals surface area contributed by atoms with Gasteiger partial charge in [-0.05, 0) is 49.5 Å². The number of carbonyl (C=O) groups excluding carboxylic acids is 2. The van der Waals surface area contributed by atoms with Crippen LogP contribution >= 0.6 is 0 Å². The fraction of sp³-hybridized carbons (Fsp3) is 0.556. The van der Waals surface area contributed by atoms with Crippen LogP contribution in [0.2, 0.25) is 0 Å². The van der Waals surface area contributed by atoms with E-state index in [1.165, 1.54) is 5.56 Å². The number of benzene rings is 1. The van der Waals surface area contributed by atoms with Crippen molar-refractivity contribution in [2.24, 2.45) is 11.3 Å². The maximum absolute atomic E-state index is 13.2. The van der Waals surface area contributed by atoms with Crippen molar-refractivity contribution in [1.82, 2.24) is 14.7 Å². The van der Waals surface area contributed by atoms with Crippen LogP contribution in [0.25, 0.3) is 6.08 Å². The molecule has 0 radical (unpaired) electrons. The summed E-state index contributed by atoms with van der Waals surface area (Å²) in [6.45, 7) is 6.14. The molecule has 3 fully saturated rings. The van der Waals surface area contributed by atoms with Crippen molar-refractivity contribution < 1.29 is 9.59 Å². The quantitative estimate of drug-likeness (QED) is 0.713. The Hall–Kier alpha value is -2.40. The van der Waals surface area contributed by atoms with Gasteiger partial charge in [-0.1, -0.05) is 48.6 Å². The third-order valence-corrected chi connectivity index (χ3v) is 8.01. The van der Waals surface area contributed by atoms with Gasteiger partial charge in [-0.25, -0.2) is 0 Å². The number of amides is 2. The molecular weight excluding hydrogens is 398 g/mol. The summed E-state index contributed by atoms with van der Waals surface area (Å²) in [5, 5.41) is 0. The molecule has 0 bridgehead atoms. The van der Waals surface area contributed by atoms with Gasteiger partial charge in [0.05, 0.1) is 0 Å². The molecule has 1 atom stereocenters. The zero-order chi connectivity index (χ0) is 22.0. The molecule has 2 aliphatic heterocycles. The number of rotatable bonds is 5. The van der Waals surface area contributed by atoms with Gasteiger partial charge in [0, 0.05) is 57.3 Å². The number of piperazine rings is 1. The molecule has 2 saturated heterocycles. The Balaban J connectivity index is 1.05. The number of allylic oxidation sites excluding steroid dienone is 1. The van der Waals surface area contributed by atoms with Crippen LogP contribution in [-0.2, 0) is 9.59 Å². The van der Waals surface area contributed by atoms with E-state index in [1.807, 2.05) is 11.0 Å². The summed E-state index contributed by atoms with van der Waals surface area (Å²) in [6.07, 6.45) is 12.6. The zero-order valence-electron chi connectivity index (χ0n) is 19.0. The van der Waals surface area contributed by atoms with Gasteiger partial charge in [0.2, 0.25) is 11.8 Å². The Kier molecular flexibility index (Phi) is 6.18. The lowest BCUT2D eigenvalue weighted by Crippen LogP contribution is -2.49. The third kappa shape index (κ3) is 4.54. The Morgan fingerprint density at radius 1 is 0.969 bits per heavy atom. The lowest BCUT2D eigenvalue weighted by molar-refractivity contribution is -0.135. The number of piperidine rings is 1. The molecule has 1 aromatic carbocycles. The average Bonchev–Trinajstić information content (AvgIpc) is 3.26. The van der Waals surface area contributed by atoms with Crippen LogP contribution < -0.4 is 0 Å². The number of hydrogen-bond donors (Lipinski definition) is 0. The molecular formula is C27H35N3O2. The van der Waals surface area contributed by atoms with Gasteiger partial charge >= 0.3 is 0 Å². The smallest absolute Gasteiger partial charge is 0.249 e. The van der Waals surface area contributed by atoms with E-state index in [-0.39, 0.29) is 17.2 Å².